The molecule has 1 aliphatic rings. The second kappa shape index (κ2) is 9.59. The van der Waals surface area contributed by atoms with Crippen LogP contribution in [0.5, 0.6) is 5.75 Å². The fraction of sp³-hybridized carbons (Fsp3) is 0.455. The van der Waals surface area contributed by atoms with Crippen molar-refractivity contribution in [1.29, 1.82) is 0 Å². The highest BCUT2D eigenvalue weighted by atomic mass is 16.5. The van der Waals surface area contributed by atoms with Crippen LogP contribution in [-0.2, 0) is 4.74 Å². The third-order valence-corrected chi connectivity index (χ3v) is 5.13. The van der Waals surface area contributed by atoms with Gasteiger partial charge in [0.15, 0.2) is 0 Å². The molecule has 2 aromatic carbocycles. The first-order valence-electron chi connectivity index (χ1n) is 9.33. The Morgan fingerprint density at radius 1 is 0.960 bits per heavy atom. The van der Waals surface area contributed by atoms with Crippen molar-refractivity contribution in [2.45, 2.75) is 25.4 Å². The minimum absolute atomic E-state index is 0.166. The molecular weight excluding hydrogens is 310 g/mol. The summed E-state index contributed by atoms with van der Waals surface area (Å²) in [5.74, 6) is 1.75. The zero-order chi connectivity index (χ0) is 17.3. The standard InChI is InChI=1S/C22H29NO2/c1-24-22(20-8-4-2-5-9-20)18-23-15-12-19(13-16-23)14-17-25-21-10-6-3-7-11-21/h2-11,19,22H,12-18H2,1H3. The molecule has 0 aromatic heterocycles. The lowest BCUT2D eigenvalue weighted by Crippen LogP contribution is -2.37. The fourth-order valence-electron chi connectivity index (χ4n) is 3.54. The van der Waals surface area contributed by atoms with Crippen LogP contribution >= 0.6 is 0 Å². The van der Waals surface area contributed by atoms with Gasteiger partial charge in [-0.1, -0.05) is 48.5 Å². The van der Waals surface area contributed by atoms with Gasteiger partial charge < -0.3 is 14.4 Å². The van der Waals surface area contributed by atoms with Crippen molar-refractivity contribution in [3.63, 3.8) is 0 Å². The molecule has 0 amide bonds. The number of rotatable bonds is 8. The molecule has 3 nitrogen and oxygen atoms in total. The Labute approximate surface area is 151 Å². The van der Waals surface area contributed by atoms with Gasteiger partial charge in [-0.05, 0) is 56.0 Å². The normalized spacial score (nSPS) is 17.3. The van der Waals surface area contributed by atoms with Crippen LogP contribution in [0.1, 0.15) is 30.9 Å². The molecule has 1 saturated heterocycles. The first-order valence-corrected chi connectivity index (χ1v) is 9.33. The van der Waals surface area contributed by atoms with E-state index in [1.807, 2.05) is 37.4 Å². The molecule has 0 bridgehead atoms. The summed E-state index contributed by atoms with van der Waals surface area (Å²) in [6, 6.07) is 20.6. The molecular formula is C22H29NO2. The number of hydrogen-bond donors (Lipinski definition) is 0. The number of likely N-dealkylation sites (tertiary alicyclic amines) is 1. The first-order chi connectivity index (χ1) is 12.3. The molecule has 2 aromatic rings. The van der Waals surface area contributed by atoms with Gasteiger partial charge in [0, 0.05) is 13.7 Å². The molecule has 1 fully saturated rings. The van der Waals surface area contributed by atoms with Crippen LogP contribution in [0.15, 0.2) is 60.7 Å². The first kappa shape index (κ1) is 18.0. The van der Waals surface area contributed by atoms with Crippen LogP contribution in [0.3, 0.4) is 0 Å². The number of para-hydroxylation sites is 1. The van der Waals surface area contributed by atoms with Crippen LogP contribution in [0, 0.1) is 5.92 Å². The van der Waals surface area contributed by atoms with E-state index in [4.69, 9.17) is 9.47 Å². The van der Waals surface area contributed by atoms with E-state index in [2.05, 4.69) is 35.2 Å². The number of methoxy groups -OCH3 is 1. The third kappa shape index (κ3) is 5.58. The van der Waals surface area contributed by atoms with Crippen molar-refractivity contribution < 1.29 is 9.47 Å². The SMILES string of the molecule is COC(CN1CCC(CCOc2ccccc2)CC1)c1ccccc1. The molecule has 0 spiro atoms. The lowest BCUT2D eigenvalue weighted by molar-refractivity contribution is 0.0487. The predicted molar refractivity (Wildman–Crippen MR) is 102 cm³/mol. The van der Waals surface area contributed by atoms with E-state index in [0.29, 0.717) is 0 Å². The topological polar surface area (TPSA) is 21.7 Å². The molecule has 0 radical (unpaired) electrons. The van der Waals surface area contributed by atoms with Gasteiger partial charge in [-0.15, -0.1) is 0 Å². The van der Waals surface area contributed by atoms with Gasteiger partial charge in [0.2, 0.25) is 0 Å². The lowest BCUT2D eigenvalue weighted by Gasteiger charge is -2.34. The largest absolute Gasteiger partial charge is 0.494 e. The number of nitrogens with zero attached hydrogens (tertiary/aromatic N) is 1. The molecule has 1 aliphatic heterocycles. The quantitative estimate of drug-likeness (QED) is 0.704. The van der Waals surface area contributed by atoms with E-state index in [1.54, 1.807) is 0 Å². The van der Waals surface area contributed by atoms with Crippen LogP contribution in [0.2, 0.25) is 0 Å². The molecule has 134 valence electrons. The Bertz CT molecular complexity index is 594. The molecule has 1 unspecified atom stereocenters. The van der Waals surface area contributed by atoms with Crippen molar-refractivity contribution in [1.82, 2.24) is 4.90 Å². The van der Waals surface area contributed by atoms with Gasteiger partial charge >= 0.3 is 0 Å². The maximum Gasteiger partial charge on any atom is 0.119 e. The van der Waals surface area contributed by atoms with Gasteiger partial charge in [0.1, 0.15) is 5.75 Å². The van der Waals surface area contributed by atoms with Gasteiger partial charge in [0.05, 0.1) is 12.7 Å². The van der Waals surface area contributed by atoms with E-state index >= 15 is 0 Å². The second-order valence-corrected chi connectivity index (χ2v) is 6.83. The molecule has 0 N–H and O–H groups in total. The molecule has 3 heteroatoms. The van der Waals surface area contributed by atoms with Gasteiger partial charge in [-0.25, -0.2) is 0 Å². The zero-order valence-electron chi connectivity index (χ0n) is 15.1. The Balaban J connectivity index is 1.38. The monoisotopic (exact) mass is 339 g/mol. The molecule has 1 heterocycles. The smallest absolute Gasteiger partial charge is 0.119 e. The second-order valence-electron chi connectivity index (χ2n) is 6.83. The van der Waals surface area contributed by atoms with Gasteiger partial charge in [-0.2, -0.15) is 0 Å². The van der Waals surface area contributed by atoms with Gasteiger partial charge in [0.25, 0.3) is 0 Å². The van der Waals surface area contributed by atoms with Crippen molar-refractivity contribution in [3.8, 4) is 5.75 Å². The van der Waals surface area contributed by atoms with Crippen LogP contribution in [0.25, 0.3) is 0 Å². The van der Waals surface area contributed by atoms with E-state index in [-0.39, 0.29) is 6.10 Å². The summed E-state index contributed by atoms with van der Waals surface area (Å²) in [5.41, 5.74) is 1.27. The summed E-state index contributed by atoms with van der Waals surface area (Å²) in [7, 11) is 1.81. The minimum atomic E-state index is 0.166. The fourth-order valence-corrected chi connectivity index (χ4v) is 3.54. The highest BCUT2D eigenvalue weighted by Gasteiger charge is 2.22. The number of hydrogen-bond acceptors (Lipinski definition) is 3. The lowest BCUT2D eigenvalue weighted by atomic mass is 9.93. The Morgan fingerprint density at radius 2 is 1.60 bits per heavy atom. The summed E-state index contributed by atoms with van der Waals surface area (Å²) in [6.45, 7) is 4.11. The average Bonchev–Trinajstić information content (AvgIpc) is 2.69. The van der Waals surface area contributed by atoms with E-state index in [9.17, 15) is 0 Å². The van der Waals surface area contributed by atoms with E-state index < -0.39 is 0 Å². The van der Waals surface area contributed by atoms with Crippen molar-refractivity contribution >= 4 is 0 Å². The molecule has 0 saturated carbocycles. The summed E-state index contributed by atoms with van der Waals surface area (Å²) in [4.78, 5) is 2.54. The third-order valence-electron chi connectivity index (χ3n) is 5.13. The average molecular weight is 339 g/mol. The zero-order valence-corrected chi connectivity index (χ0v) is 15.1. The van der Waals surface area contributed by atoms with Crippen LogP contribution in [0.4, 0.5) is 0 Å². The van der Waals surface area contributed by atoms with E-state index in [0.717, 1.165) is 44.3 Å². The van der Waals surface area contributed by atoms with Crippen LogP contribution < -0.4 is 4.74 Å². The molecule has 1 atom stereocenters. The van der Waals surface area contributed by atoms with Crippen molar-refractivity contribution in [2.24, 2.45) is 5.92 Å². The van der Waals surface area contributed by atoms with Crippen molar-refractivity contribution in [3.05, 3.63) is 66.2 Å². The number of piperidine rings is 1. The summed E-state index contributed by atoms with van der Waals surface area (Å²) in [6.07, 6.45) is 3.82. The van der Waals surface area contributed by atoms with E-state index in [1.165, 1.54) is 18.4 Å². The maximum absolute atomic E-state index is 5.84. The Hall–Kier alpha value is -1.84. The highest BCUT2D eigenvalue weighted by Crippen LogP contribution is 2.24. The molecule has 0 aliphatic carbocycles. The Kier molecular flexibility index (Phi) is 6.89. The predicted octanol–water partition coefficient (Wildman–Crippen LogP) is 4.56. The summed E-state index contributed by atoms with van der Waals surface area (Å²) >= 11 is 0. The van der Waals surface area contributed by atoms with Gasteiger partial charge in [-0.3, -0.25) is 0 Å². The Morgan fingerprint density at radius 3 is 2.24 bits per heavy atom. The maximum atomic E-state index is 5.84. The number of ether oxygens (including phenoxy) is 2. The summed E-state index contributed by atoms with van der Waals surface area (Å²) < 4.78 is 11.6. The molecule has 25 heavy (non-hydrogen) atoms. The number of benzene rings is 2. The van der Waals surface area contributed by atoms with Crippen LogP contribution in [-0.4, -0.2) is 38.3 Å². The summed E-state index contributed by atoms with van der Waals surface area (Å²) in [5, 5.41) is 0. The van der Waals surface area contributed by atoms with Crippen molar-refractivity contribution in [2.75, 3.05) is 33.4 Å². The minimum Gasteiger partial charge on any atom is -0.494 e. The highest BCUT2D eigenvalue weighted by molar-refractivity contribution is 5.20. The molecule has 3 rings (SSSR count).